The number of aryl methyl sites for hydroxylation is 3. The van der Waals surface area contributed by atoms with Crippen molar-refractivity contribution in [2.24, 2.45) is 0 Å². The monoisotopic (exact) mass is 484 g/mol. The summed E-state index contributed by atoms with van der Waals surface area (Å²) in [5.74, 6) is 0.913. The van der Waals surface area contributed by atoms with Gasteiger partial charge in [-0.3, -0.25) is 9.48 Å². The van der Waals surface area contributed by atoms with E-state index in [0.717, 1.165) is 22.4 Å². The number of hydrogen-bond donors (Lipinski definition) is 1. The van der Waals surface area contributed by atoms with Gasteiger partial charge in [-0.25, -0.2) is 0 Å². The summed E-state index contributed by atoms with van der Waals surface area (Å²) in [5.41, 5.74) is 4.27. The van der Waals surface area contributed by atoms with Crippen LogP contribution < -0.4 is 10.1 Å². The minimum absolute atomic E-state index is 0.167. The molecule has 0 saturated heterocycles. The molecule has 9 heteroatoms. The van der Waals surface area contributed by atoms with Gasteiger partial charge in [-0.1, -0.05) is 52.6 Å². The van der Waals surface area contributed by atoms with E-state index in [2.05, 4.69) is 15.6 Å². The summed E-state index contributed by atoms with van der Waals surface area (Å²) < 4.78 is 13.0. The van der Waals surface area contributed by atoms with Crippen molar-refractivity contribution in [3.8, 4) is 5.75 Å². The van der Waals surface area contributed by atoms with Gasteiger partial charge < -0.3 is 14.6 Å². The van der Waals surface area contributed by atoms with E-state index < -0.39 is 5.91 Å². The highest BCUT2D eigenvalue weighted by molar-refractivity contribution is 6.42. The molecule has 0 aliphatic heterocycles. The number of carbonyl (C=O) groups is 1. The van der Waals surface area contributed by atoms with Crippen LogP contribution in [0.4, 0.5) is 5.69 Å². The summed E-state index contributed by atoms with van der Waals surface area (Å²) in [4.78, 5) is 12.9. The van der Waals surface area contributed by atoms with Gasteiger partial charge in [-0.15, -0.1) is 0 Å². The first-order valence-electron chi connectivity index (χ1n) is 10.2. The predicted molar refractivity (Wildman–Crippen MR) is 127 cm³/mol. The number of para-hydroxylation sites is 1. The number of benzene rings is 2. The molecule has 1 amide bonds. The average Bonchev–Trinajstić information content (AvgIpc) is 3.36. The third-order valence-corrected chi connectivity index (χ3v) is 5.93. The molecule has 0 atom stereocenters. The number of ether oxygens (including phenoxy) is 1. The molecule has 0 spiro atoms. The molecule has 2 aromatic carbocycles. The number of nitrogens with zero attached hydrogens (tertiary/aromatic N) is 3. The summed E-state index contributed by atoms with van der Waals surface area (Å²) in [7, 11) is 0. The lowest BCUT2D eigenvalue weighted by molar-refractivity contribution is 0.101. The Morgan fingerprint density at radius 1 is 1.12 bits per heavy atom. The molecule has 0 aliphatic rings. The molecule has 0 aliphatic carbocycles. The van der Waals surface area contributed by atoms with Crippen molar-refractivity contribution < 1.29 is 14.1 Å². The van der Waals surface area contributed by atoms with E-state index in [9.17, 15) is 4.79 Å². The van der Waals surface area contributed by atoms with Crippen LogP contribution >= 0.6 is 23.2 Å². The predicted octanol–water partition coefficient (Wildman–Crippen LogP) is 5.98. The molecule has 0 radical (unpaired) electrons. The van der Waals surface area contributed by atoms with Crippen molar-refractivity contribution in [2.75, 3.05) is 5.32 Å². The van der Waals surface area contributed by atoms with Crippen molar-refractivity contribution in [1.82, 2.24) is 14.9 Å². The van der Waals surface area contributed by atoms with E-state index in [1.807, 2.05) is 38.1 Å². The van der Waals surface area contributed by atoms with Gasteiger partial charge in [-0.05, 0) is 49.6 Å². The van der Waals surface area contributed by atoms with Gasteiger partial charge in [-0.2, -0.15) is 5.10 Å². The fourth-order valence-corrected chi connectivity index (χ4v) is 3.76. The van der Waals surface area contributed by atoms with Crippen LogP contribution in [0.25, 0.3) is 0 Å². The smallest absolute Gasteiger partial charge is 0.278 e. The average molecular weight is 485 g/mol. The molecular formula is C24H22Cl2N4O3. The van der Waals surface area contributed by atoms with Crippen molar-refractivity contribution in [1.29, 1.82) is 0 Å². The van der Waals surface area contributed by atoms with Gasteiger partial charge in [0.05, 0.1) is 34.0 Å². The molecule has 0 saturated carbocycles. The number of halogens is 2. The minimum atomic E-state index is -0.402. The van der Waals surface area contributed by atoms with Crippen LogP contribution in [0.3, 0.4) is 0 Å². The molecule has 0 unspecified atom stereocenters. The molecule has 0 bridgehead atoms. The first kappa shape index (κ1) is 22.9. The van der Waals surface area contributed by atoms with Crippen LogP contribution in [-0.2, 0) is 13.2 Å². The van der Waals surface area contributed by atoms with Gasteiger partial charge in [0.25, 0.3) is 5.91 Å². The molecule has 0 fully saturated rings. The van der Waals surface area contributed by atoms with Gasteiger partial charge in [0.1, 0.15) is 18.1 Å². The number of aromatic nitrogens is 3. The van der Waals surface area contributed by atoms with E-state index in [1.54, 1.807) is 36.1 Å². The first-order valence-corrected chi connectivity index (χ1v) is 11.0. The first-order chi connectivity index (χ1) is 15.8. The quantitative estimate of drug-likeness (QED) is 0.348. The lowest BCUT2D eigenvalue weighted by atomic mass is 10.1. The largest absolute Gasteiger partial charge is 0.488 e. The van der Waals surface area contributed by atoms with Gasteiger partial charge >= 0.3 is 0 Å². The Kier molecular flexibility index (Phi) is 6.72. The van der Waals surface area contributed by atoms with E-state index in [0.29, 0.717) is 33.6 Å². The highest BCUT2D eigenvalue weighted by atomic mass is 35.5. The van der Waals surface area contributed by atoms with Crippen LogP contribution in [0.5, 0.6) is 5.75 Å². The Morgan fingerprint density at radius 2 is 1.88 bits per heavy atom. The zero-order chi connectivity index (χ0) is 23.5. The van der Waals surface area contributed by atoms with Crippen LogP contribution in [0.15, 0.2) is 53.3 Å². The second-order valence-electron chi connectivity index (χ2n) is 7.70. The second-order valence-corrected chi connectivity index (χ2v) is 8.52. The summed E-state index contributed by atoms with van der Waals surface area (Å²) in [6.07, 6.45) is 3.29. The van der Waals surface area contributed by atoms with Crippen LogP contribution in [0.2, 0.25) is 10.0 Å². The number of carbonyl (C=O) groups excluding carboxylic acids is 1. The molecule has 33 heavy (non-hydrogen) atoms. The fraction of sp³-hybridized carbons (Fsp3) is 0.208. The maximum absolute atomic E-state index is 12.9. The van der Waals surface area contributed by atoms with Crippen molar-refractivity contribution in [3.63, 3.8) is 0 Å². The van der Waals surface area contributed by atoms with Gasteiger partial charge in [0, 0.05) is 6.20 Å². The van der Waals surface area contributed by atoms with Crippen LogP contribution in [-0.4, -0.2) is 20.8 Å². The number of amides is 1. The molecule has 170 valence electrons. The van der Waals surface area contributed by atoms with E-state index >= 15 is 0 Å². The van der Waals surface area contributed by atoms with E-state index in [1.165, 1.54) is 0 Å². The zero-order valence-electron chi connectivity index (χ0n) is 18.4. The number of anilines is 1. The Bertz CT molecular complexity index is 1290. The zero-order valence-corrected chi connectivity index (χ0v) is 19.9. The van der Waals surface area contributed by atoms with E-state index in [-0.39, 0.29) is 12.3 Å². The van der Waals surface area contributed by atoms with Crippen molar-refractivity contribution >= 4 is 34.8 Å². The maximum Gasteiger partial charge on any atom is 0.278 e. The van der Waals surface area contributed by atoms with Crippen molar-refractivity contribution in [3.05, 3.63) is 92.5 Å². The Morgan fingerprint density at radius 3 is 2.61 bits per heavy atom. The lowest BCUT2D eigenvalue weighted by Crippen LogP contribution is -2.15. The number of hydrogen-bond acceptors (Lipinski definition) is 5. The maximum atomic E-state index is 12.9. The summed E-state index contributed by atoms with van der Waals surface area (Å²) >= 11 is 12.0. The third-order valence-electron chi connectivity index (χ3n) is 5.19. The second kappa shape index (κ2) is 9.68. The molecular weight excluding hydrogens is 463 g/mol. The normalized spacial score (nSPS) is 10.9. The minimum Gasteiger partial charge on any atom is -0.488 e. The van der Waals surface area contributed by atoms with Gasteiger partial charge in [0.15, 0.2) is 5.69 Å². The molecule has 4 aromatic rings. The summed E-state index contributed by atoms with van der Waals surface area (Å²) in [6, 6.07) is 11.3. The molecule has 2 aromatic heterocycles. The molecule has 2 heterocycles. The van der Waals surface area contributed by atoms with Crippen LogP contribution in [0, 0.1) is 20.8 Å². The lowest BCUT2D eigenvalue weighted by Gasteiger charge is -2.12. The highest BCUT2D eigenvalue weighted by Crippen LogP contribution is 2.26. The standard InChI is InChI=1S/C24H22Cl2N4O3/c1-14-5-4-6-15(2)23(14)32-13-19-16(3)33-29-22(19)24(31)28-18-10-27-30(12-18)11-17-7-8-20(25)21(26)9-17/h4-10,12H,11,13H2,1-3H3,(H,28,31). The topological polar surface area (TPSA) is 82.2 Å². The number of nitrogens with one attached hydrogen (secondary N) is 1. The van der Waals surface area contributed by atoms with Gasteiger partial charge in [0.2, 0.25) is 0 Å². The molecule has 1 N–H and O–H groups in total. The third kappa shape index (κ3) is 5.21. The number of rotatable bonds is 7. The Balaban J connectivity index is 1.45. The Labute approximate surface area is 201 Å². The summed E-state index contributed by atoms with van der Waals surface area (Å²) in [5, 5.41) is 12.0. The molecule has 4 rings (SSSR count). The fourth-order valence-electron chi connectivity index (χ4n) is 3.44. The van der Waals surface area contributed by atoms with E-state index in [4.69, 9.17) is 32.5 Å². The van der Waals surface area contributed by atoms with Crippen molar-refractivity contribution in [2.45, 2.75) is 33.9 Å². The SMILES string of the molecule is Cc1cccc(C)c1OCc1c(C(=O)Nc2cnn(Cc3ccc(Cl)c(Cl)c3)c2)noc1C. The highest BCUT2D eigenvalue weighted by Gasteiger charge is 2.21. The molecule has 7 nitrogen and oxygen atoms in total. The summed E-state index contributed by atoms with van der Waals surface area (Å²) in [6.45, 7) is 6.35. The van der Waals surface area contributed by atoms with Crippen LogP contribution in [0.1, 0.15) is 38.5 Å². The Hall–Kier alpha value is -3.29.